The summed E-state index contributed by atoms with van der Waals surface area (Å²) >= 11 is 5.52. The Kier molecular flexibility index (Phi) is 3.47. The number of carboxylic acids is 1. The van der Waals surface area contributed by atoms with Gasteiger partial charge in [0.15, 0.2) is 0 Å². The number of rotatable bonds is 3. The first-order valence-corrected chi connectivity index (χ1v) is 4.63. The third-order valence-electron chi connectivity index (χ3n) is 1.42. The highest BCUT2D eigenvalue weighted by Crippen LogP contribution is 2.31. The van der Waals surface area contributed by atoms with E-state index in [1.54, 1.807) is 0 Å². The molecule has 7 heteroatoms. The lowest BCUT2D eigenvalue weighted by molar-refractivity contribution is -0.0895. The van der Waals surface area contributed by atoms with Crippen molar-refractivity contribution < 1.29 is 23.4 Å². The summed E-state index contributed by atoms with van der Waals surface area (Å²) in [6.07, 6.45) is 0. The second-order valence-corrected chi connectivity index (χ2v) is 3.72. The summed E-state index contributed by atoms with van der Waals surface area (Å²) in [4.78, 5) is 10.7. The highest BCUT2D eigenvalue weighted by Gasteiger charge is 2.26. The van der Waals surface area contributed by atoms with E-state index < -0.39 is 23.1 Å². The van der Waals surface area contributed by atoms with Crippen molar-refractivity contribution in [2.24, 2.45) is 0 Å². The molecule has 0 bridgehead atoms. The van der Waals surface area contributed by atoms with Gasteiger partial charge in [-0.05, 0) is 27.4 Å². The molecule has 0 saturated carbocycles. The summed E-state index contributed by atoms with van der Waals surface area (Å²) in [5.74, 6) is -5.34. The molecular weight excluding hydrogens is 249 g/mol. The lowest BCUT2D eigenvalue weighted by Crippen LogP contribution is -2.17. The van der Waals surface area contributed by atoms with E-state index in [1.807, 2.05) is 0 Å². The van der Waals surface area contributed by atoms with Gasteiger partial charge in [-0.3, -0.25) is 0 Å². The number of alkyl halides is 2. The average Bonchev–Trinajstić information content (AvgIpc) is 2.05. The number of halogens is 3. The molecule has 0 amide bonds. The summed E-state index contributed by atoms with van der Waals surface area (Å²) < 4.78 is 29.1. The fourth-order valence-corrected chi connectivity index (χ4v) is 1.20. The Bertz CT molecular complexity index is 392. The van der Waals surface area contributed by atoms with Gasteiger partial charge in [-0.15, -0.1) is 0 Å². The van der Waals surface area contributed by atoms with Gasteiger partial charge in [0.05, 0.1) is 0 Å². The summed E-state index contributed by atoms with van der Waals surface area (Å²) in [5, 5.41) is 8.83. The van der Waals surface area contributed by atoms with Crippen LogP contribution in [0.4, 0.5) is 8.78 Å². The van der Waals surface area contributed by atoms with E-state index in [-0.39, 0.29) is 5.02 Å². The van der Waals surface area contributed by atoms with Crippen molar-refractivity contribution in [1.29, 1.82) is 0 Å². The summed E-state index contributed by atoms with van der Waals surface area (Å²) in [6, 6.07) is 3.37. The Morgan fingerprint density at radius 3 is 2.60 bits per heavy atom. The Labute approximate surface area is 91.2 Å². The molecular formula is C8H6ClF2O3P. The molecule has 0 heterocycles. The van der Waals surface area contributed by atoms with E-state index in [9.17, 15) is 13.6 Å². The van der Waals surface area contributed by atoms with Gasteiger partial charge in [0, 0.05) is 5.02 Å². The monoisotopic (exact) mass is 254 g/mol. The summed E-state index contributed by atoms with van der Waals surface area (Å²) in [7, 11) is 1.15. The quantitative estimate of drug-likeness (QED) is 0.844. The van der Waals surface area contributed by atoms with Crippen LogP contribution in [0.15, 0.2) is 18.2 Å². The van der Waals surface area contributed by atoms with Crippen LogP contribution >= 0.6 is 20.8 Å². The zero-order valence-corrected chi connectivity index (χ0v) is 9.12. The molecule has 1 atom stereocenters. The first-order valence-electron chi connectivity index (χ1n) is 3.68. The fourth-order valence-electron chi connectivity index (χ4n) is 0.905. The predicted molar refractivity (Wildman–Crippen MR) is 53.7 cm³/mol. The van der Waals surface area contributed by atoms with Gasteiger partial charge in [0.1, 0.15) is 11.3 Å². The molecule has 3 nitrogen and oxygen atoms in total. The zero-order chi connectivity index (χ0) is 11.6. The van der Waals surface area contributed by atoms with Crippen LogP contribution in [0.1, 0.15) is 10.4 Å². The molecule has 1 aromatic carbocycles. The molecule has 0 aliphatic carbocycles. The van der Waals surface area contributed by atoms with E-state index in [4.69, 9.17) is 16.7 Å². The first-order chi connectivity index (χ1) is 6.79. The second kappa shape index (κ2) is 4.29. The molecule has 0 aromatic heterocycles. The van der Waals surface area contributed by atoms with Crippen molar-refractivity contribution >= 4 is 26.8 Å². The minimum absolute atomic E-state index is 0.131. The number of hydrogen-bond acceptors (Lipinski definition) is 2. The van der Waals surface area contributed by atoms with Crippen LogP contribution in [0, 0.1) is 0 Å². The van der Waals surface area contributed by atoms with Crippen LogP contribution in [0.25, 0.3) is 0 Å². The molecule has 1 N–H and O–H groups in total. The lowest BCUT2D eigenvalue weighted by atomic mass is 10.2. The number of carbonyl (C=O) groups is 1. The molecule has 1 unspecified atom stereocenters. The number of aromatic carboxylic acids is 1. The highest BCUT2D eigenvalue weighted by molar-refractivity contribution is 7.17. The van der Waals surface area contributed by atoms with Crippen LogP contribution in [0.5, 0.6) is 5.75 Å². The van der Waals surface area contributed by atoms with E-state index in [1.165, 1.54) is 6.07 Å². The van der Waals surface area contributed by atoms with Gasteiger partial charge in [-0.1, -0.05) is 11.6 Å². The summed E-state index contributed by atoms with van der Waals surface area (Å²) in [6.45, 7) is 0. The van der Waals surface area contributed by atoms with Crippen molar-refractivity contribution in [3.63, 3.8) is 0 Å². The standard InChI is InChI=1S/C8H6ClF2O3P/c9-4-1-2-6(14-8(10,11)15)5(3-4)7(12)13/h1-3H,15H2,(H,12,13). The van der Waals surface area contributed by atoms with Crippen molar-refractivity contribution in [3.05, 3.63) is 28.8 Å². The fraction of sp³-hybridized carbons (Fsp3) is 0.125. The Hall–Kier alpha value is -0.930. The normalized spacial score (nSPS) is 11.2. The maximum atomic E-state index is 12.5. The maximum Gasteiger partial charge on any atom is 0.408 e. The van der Waals surface area contributed by atoms with E-state index in [0.717, 1.165) is 21.4 Å². The first kappa shape index (κ1) is 12.1. The predicted octanol–water partition coefficient (Wildman–Crippen LogP) is 2.84. The minimum Gasteiger partial charge on any atom is -0.478 e. The second-order valence-electron chi connectivity index (χ2n) is 2.61. The Morgan fingerprint density at radius 2 is 2.13 bits per heavy atom. The van der Waals surface area contributed by atoms with Crippen LogP contribution in [-0.2, 0) is 0 Å². The molecule has 1 aromatic rings. The smallest absolute Gasteiger partial charge is 0.408 e. The third-order valence-corrected chi connectivity index (χ3v) is 1.77. The highest BCUT2D eigenvalue weighted by atomic mass is 35.5. The van der Waals surface area contributed by atoms with Crippen molar-refractivity contribution in [2.75, 3.05) is 0 Å². The van der Waals surface area contributed by atoms with E-state index >= 15 is 0 Å². The topological polar surface area (TPSA) is 46.5 Å². The molecule has 0 fully saturated rings. The van der Waals surface area contributed by atoms with Crippen LogP contribution < -0.4 is 4.74 Å². The third kappa shape index (κ3) is 3.61. The molecule has 0 spiro atoms. The maximum absolute atomic E-state index is 12.5. The molecule has 0 aliphatic rings. The van der Waals surface area contributed by atoms with E-state index in [2.05, 4.69) is 4.74 Å². The molecule has 1 rings (SSSR count). The molecule has 82 valence electrons. The number of hydrogen-bond donors (Lipinski definition) is 1. The van der Waals surface area contributed by atoms with Gasteiger partial charge in [0.25, 0.3) is 0 Å². The minimum atomic E-state index is -3.52. The number of ether oxygens (including phenoxy) is 1. The lowest BCUT2D eigenvalue weighted by Gasteiger charge is -2.14. The molecule has 0 saturated heterocycles. The van der Waals surface area contributed by atoms with Gasteiger partial charge >= 0.3 is 11.8 Å². The largest absolute Gasteiger partial charge is 0.478 e. The molecule has 0 radical (unpaired) electrons. The molecule has 15 heavy (non-hydrogen) atoms. The Balaban J connectivity index is 3.12. The van der Waals surface area contributed by atoms with Crippen LogP contribution in [0.2, 0.25) is 5.02 Å². The van der Waals surface area contributed by atoms with Crippen LogP contribution in [-0.4, -0.2) is 16.9 Å². The summed E-state index contributed by atoms with van der Waals surface area (Å²) in [5.41, 5.74) is -0.412. The van der Waals surface area contributed by atoms with Gasteiger partial charge in [-0.2, -0.15) is 8.78 Å². The average molecular weight is 255 g/mol. The van der Waals surface area contributed by atoms with Crippen LogP contribution in [0.3, 0.4) is 0 Å². The van der Waals surface area contributed by atoms with Crippen molar-refractivity contribution in [3.8, 4) is 5.75 Å². The van der Waals surface area contributed by atoms with Crippen molar-refractivity contribution in [1.82, 2.24) is 0 Å². The van der Waals surface area contributed by atoms with E-state index in [0.29, 0.717) is 0 Å². The SMILES string of the molecule is O=C(O)c1cc(Cl)ccc1OC(F)(F)P. The van der Waals surface area contributed by atoms with Gasteiger partial charge in [0.2, 0.25) is 0 Å². The number of benzene rings is 1. The Morgan fingerprint density at radius 1 is 1.53 bits per heavy atom. The zero-order valence-electron chi connectivity index (χ0n) is 7.21. The van der Waals surface area contributed by atoms with Crippen molar-refractivity contribution in [2.45, 2.75) is 5.85 Å². The van der Waals surface area contributed by atoms with Gasteiger partial charge in [-0.25, -0.2) is 4.79 Å². The number of carboxylic acid groups (broad SMARTS) is 1. The van der Waals surface area contributed by atoms with Gasteiger partial charge < -0.3 is 9.84 Å². The molecule has 0 aliphatic heterocycles.